The molecule has 0 spiro atoms. The van der Waals surface area contributed by atoms with Crippen molar-refractivity contribution in [2.24, 2.45) is 0 Å². The molecular weight excluding hydrogens is 501 g/mol. The van der Waals surface area contributed by atoms with Crippen LogP contribution in [0.15, 0.2) is 52.7 Å². The number of halogens is 1. The molecule has 12 nitrogen and oxygen atoms in total. The summed E-state index contributed by atoms with van der Waals surface area (Å²) in [6, 6.07) is 7.32. The number of hydrogen-bond acceptors (Lipinski definition) is 10. The molecule has 35 heavy (non-hydrogen) atoms. The van der Waals surface area contributed by atoms with Crippen molar-refractivity contribution in [2.45, 2.75) is 22.5 Å². The summed E-state index contributed by atoms with van der Waals surface area (Å²) in [5.41, 5.74) is 0.908. The second-order valence-electron chi connectivity index (χ2n) is 7.60. The lowest BCUT2D eigenvalue weighted by atomic mass is 10.0. The number of β-lactam (4-membered cyclic amide) rings is 1. The number of aliphatic hydroxyl groups excluding tert-OH is 1. The fourth-order valence-corrected chi connectivity index (χ4v) is 6.06. The monoisotopic (exact) mass is 517 g/mol. The van der Waals surface area contributed by atoms with Gasteiger partial charge in [-0.15, -0.1) is 38.4 Å². The first-order chi connectivity index (χ1) is 16.8. The molecule has 3 aromatic rings. The fourth-order valence-electron chi connectivity index (χ4n) is 3.73. The van der Waals surface area contributed by atoms with Crippen molar-refractivity contribution in [3.05, 3.63) is 59.0 Å². The molecule has 0 aliphatic carbocycles. The number of tetrazole rings is 1. The van der Waals surface area contributed by atoms with Crippen molar-refractivity contribution in [3.8, 4) is 0 Å². The van der Waals surface area contributed by atoms with Gasteiger partial charge in [0.2, 0.25) is 0 Å². The molecule has 2 aliphatic heterocycles. The van der Waals surface area contributed by atoms with Gasteiger partial charge in [-0.05, 0) is 45.8 Å². The van der Waals surface area contributed by atoms with Gasteiger partial charge in [-0.3, -0.25) is 14.5 Å². The number of rotatable bonds is 7. The number of carboxylic acids is 1. The van der Waals surface area contributed by atoms with Gasteiger partial charge in [-0.1, -0.05) is 12.1 Å². The predicted molar refractivity (Wildman–Crippen MR) is 120 cm³/mol. The van der Waals surface area contributed by atoms with Gasteiger partial charge in [-0.2, -0.15) is 0 Å². The normalized spacial score (nSPS) is 20.4. The van der Waals surface area contributed by atoms with Crippen LogP contribution in [0.3, 0.4) is 0 Å². The Hall–Kier alpha value is -3.56. The average Bonchev–Trinajstić information content (AvgIpc) is 3.32. The fraction of sp³-hybridized carbons (Fsp3) is 0.250. The third-order valence-corrected chi connectivity index (χ3v) is 7.75. The number of nitrogens with one attached hydrogen (secondary N) is 1. The van der Waals surface area contributed by atoms with E-state index in [0.717, 1.165) is 11.0 Å². The third-order valence-electron chi connectivity index (χ3n) is 5.40. The van der Waals surface area contributed by atoms with Gasteiger partial charge in [0.05, 0.1) is 0 Å². The van der Waals surface area contributed by atoms with Crippen LogP contribution in [0.5, 0.6) is 0 Å². The number of nitrogens with zero attached hydrogens (tertiary/aromatic N) is 6. The maximum atomic E-state index is 13.4. The van der Waals surface area contributed by atoms with E-state index in [2.05, 4.69) is 25.9 Å². The zero-order valence-electron chi connectivity index (χ0n) is 17.6. The van der Waals surface area contributed by atoms with Crippen LogP contribution in [0, 0.1) is 5.82 Å². The second-order valence-corrected chi connectivity index (χ2v) is 9.70. The SMILES string of the molecule is O=C(O)C1=C(CSc2ccc3nnnn3n2)CS[C@H]2C(NC(=O)C(O)c3cccc(F)c3)C(=O)N12. The van der Waals surface area contributed by atoms with Crippen LogP contribution in [0.25, 0.3) is 5.65 Å². The molecule has 2 unspecified atom stereocenters. The van der Waals surface area contributed by atoms with Gasteiger partial charge < -0.3 is 15.5 Å². The van der Waals surface area contributed by atoms with Crippen LogP contribution >= 0.6 is 23.5 Å². The van der Waals surface area contributed by atoms with Gasteiger partial charge in [0, 0.05) is 11.5 Å². The summed E-state index contributed by atoms with van der Waals surface area (Å²) in [7, 11) is 0. The molecule has 2 aromatic heterocycles. The van der Waals surface area contributed by atoms with E-state index in [1.54, 1.807) is 12.1 Å². The standard InChI is InChI=1S/C20H16FN7O5S2/c21-11-3-1-2-9(6-11)16(29)17(30)22-14-18(31)27-15(20(32)33)10(8-35-19(14)27)7-34-13-5-4-12-23-25-26-28(12)24-13/h1-6,14,16,19,29H,7-8H2,(H,22,30)(H,32,33)/t14?,16?,19-/m0/s1. The summed E-state index contributed by atoms with van der Waals surface area (Å²) >= 11 is 2.58. The Morgan fingerprint density at radius 1 is 1.31 bits per heavy atom. The molecule has 0 bridgehead atoms. The van der Waals surface area contributed by atoms with Crippen molar-refractivity contribution in [2.75, 3.05) is 11.5 Å². The highest BCUT2D eigenvalue weighted by Gasteiger charge is 2.54. The minimum Gasteiger partial charge on any atom is -0.477 e. The number of carbonyl (C=O) groups is 3. The van der Waals surface area contributed by atoms with Crippen LogP contribution in [0.2, 0.25) is 0 Å². The summed E-state index contributed by atoms with van der Waals surface area (Å²) in [4.78, 5) is 38.5. The van der Waals surface area contributed by atoms with Crippen molar-refractivity contribution < 1.29 is 29.0 Å². The summed E-state index contributed by atoms with van der Waals surface area (Å²) in [5.74, 6) is -2.77. The largest absolute Gasteiger partial charge is 0.477 e. The summed E-state index contributed by atoms with van der Waals surface area (Å²) in [6.45, 7) is 0. The number of aromatic nitrogens is 5. The predicted octanol–water partition coefficient (Wildman–Crippen LogP) is 0.223. The summed E-state index contributed by atoms with van der Waals surface area (Å²) in [6.07, 6.45) is -1.67. The summed E-state index contributed by atoms with van der Waals surface area (Å²) in [5, 5.41) is 37.7. The zero-order valence-corrected chi connectivity index (χ0v) is 19.2. The van der Waals surface area contributed by atoms with Crippen molar-refractivity contribution in [3.63, 3.8) is 0 Å². The van der Waals surface area contributed by atoms with Crippen LogP contribution < -0.4 is 5.32 Å². The van der Waals surface area contributed by atoms with Crippen LogP contribution in [-0.4, -0.2) is 81.1 Å². The number of carboxylic acid groups (broad SMARTS) is 1. The van der Waals surface area contributed by atoms with Gasteiger partial charge >= 0.3 is 5.97 Å². The first kappa shape index (κ1) is 23.2. The van der Waals surface area contributed by atoms with Crippen LogP contribution in [0.4, 0.5) is 4.39 Å². The van der Waals surface area contributed by atoms with E-state index in [0.29, 0.717) is 22.0 Å². The van der Waals surface area contributed by atoms with E-state index in [1.807, 2.05) is 0 Å². The molecular formula is C20H16FN7O5S2. The Kier molecular flexibility index (Phi) is 6.12. The lowest BCUT2D eigenvalue weighted by Crippen LogP contribution is -2.70. The van der Waals surface area contributed by atoms with Gasteiger partial charge in [0.1, 0.15) is 28.0 Å². The van der Waals surface area contributed by atoms with Crippen LogP contribution in [0.1, 0.15) is 11.7 Å². The molecule has 0 saturated carbocycles. The summed E-state index contributed by atoms with van der Waals surface area (Å²) < 4.78 is 14.7. The Morgan fingerprint density at radius 2 is 2.14 bits per heavy atom. The molecule has 1 fully saturated rings. The number of hydrogen-bond donors (Lipinski definition) is 3. The Balaban J connectivity index is 1.28. The maximum absolute atomic E-state index is 13.4. The molecule has 0 radical (unpaired) electrons. The molecule has 3 atom stereocenters. The smallest absolute Gasteiger partial charge is 0.352 e. The molecule has 1 saturated heterocycles. The number of benzene rings is 1. The van der Waals surface area contributed by atoms with Gasteiger partial charge in [0.25, 0.3) is 11.8 Å². The van der Waals surface area contributed by atoms with Crippen molar-refractivity contribution >= 4 is 47.0 Å². The Morgan fingerprint density at radius 3 is 2.91 bits per heavy atom. The minimum absolute atomic E-state index is 0.0429. The molecule has 4 heterocycles. The minimum atomic E-state index is -1.67. The highest BCUT2D eigenvalue weighted by Crippen LogP contribution is 2.41. The lowest BCUT2D eigenvalue weighted by Gasteiger charge is -2.49. The van der Waals surface area contributed by atoms with Crippen molar-refractivity contribution in [1.29, 1.82) is 0 Å². The van der Waals surface area contributed by atoms with E-state index in [9.17, 15) is 29.0 Å². The van der Waals surface area contributed by atoms with Gasteiger partial charge in [-0.25, -0.2) is 9.18 Å². The van der Waals surface area contributed by atoms with E-state index < -0.39 is 41.1 Å². The number of aliphatic hydroxyl groups is 1. The molecule has 2 aliphatic rings. The maximum Gasteiger partial charge on any atom is 0.352 e. The van der Waals surface area contributed by atoms with E-state index in [1.165, 1.54) is 46.4 Å². The first-order valence-electron chi connectivity index (χ1n) is 10.2. The number of aliphatic carboxylic acids is 1. The second kappa shape index (κ2) is 9.24. The zero-order chi connectivity index (χ0) is 24.7. The molecule has 1 aromatic carbocycles. The number of carbonyl (C=O) groups excluding carboxylic acids is 2. The molecule has 5 rings (SSSR count). The number of thioether (sulfide) groups is 2. The number of amides is 2. The van der Waals surface area contributed by atoms with Crippen LogP contribution in [-0.2, 0) is 14.4 Å². The molecule has 2 amide bonds. The Labute approximate surface area is 204 Å². The average molecular weight is 518 g/mol. The highest BCUT2D eigenvalue weighted by molar-refractivity contribution is 8.01. The lowest BCUT2D eigenvalue weighted by molar-refractivity contribution is -0.151. The molecule has 180 valence electrons. The van der Waals surface area contributed by atoms with E-state index >= 15 is 0 Å². The van der Waals surface area contributed by atoms with E-state index in [-0.39, 0.29) is 17.0 Å². The number of fused-ring (bicyclic) bond motifs is 2. The highest BCUT2D eigenvalue weighted by atomic mass is 32.2. The van der Waals surface area contributed by atoms with Gasteiger partial charge in [0.15, 0.2) is 11.8 Å². The molecule has 3 N–H and O–H groups in total. The quantitative estimate of drug-likeness (QED) is 0.290. The van der Waals surface area contributed by atoms with E-state index in [4.69, 9.17) is 0 Å². The third kappa shape index (κ3) is 4.33. The Bertz CT molecular complexity index is 1380. The molecule has 15 heteroatoms. The first-order valence-corrected chi connectivity index (χ1v) is 12.2. The van der Waals surface area contributed by atoms with Crippen molar-refractivity contribution in [1.82, 2.24) is 35.5 Å². The topological polar surface area (TPSA) is 163 Å².